The van der Waals surface area contributed by atoms with E-state index in [1.54, 1.807) is 6.20 Å². The Balaban J connectivity index is 2.12. The Kier molecular flexibility index (Phi) is 5.05. The van der Waals surface area contributed by atoms with Crippen molar-refractivity contribution in [2.75, 3.05) is 19.8 Å². The first-order valence-electron chi connectivity index (χ1n) is 7.31. The predicted molar refractivity (Wildman–Crippen MR) is 83.2 cm³/mol. The van der Waals surface area contributed by atoms with Crippen molar-refractivity contribution in [1.29, 1.82) is 0 Å². The molecule has 0 bridgehead atoms. The van der Waals surface area contributed by atoms with Gasteiger partial charge in [-0.05, 0) is 57.1 Å². The molecule has 0 aromatic carbocycles. The summed E-state index contributed by atoms with van der Waals surface area (Å²) < 4.78 is 5.55. The minimum absolute atomic E-state index is 0.132. The van der Waals surface area contributed by atoms with Gasteiger partial charge in [0.05, 0.1) is 5.02 Å². The second kappa shape index (κ2) is 6.42. The zero-order valence-electron chi connectivity index (χ0n) is 12.7. The maximum atomic E-state index is 6.28. The van der Waals surface area contributed by atoms with Gasteiger partial charge in [0.25, 0.3) is 0 Å². The number of hydrogen-bond acceptors (Lipinski definition) is 3. The van der Waals surface area contributed by atoms with Gasteiger partial charge in [-0.1, -0.05) is 11.6 Å². The van der Waals surface area contributed by atoms with E-state index in [1.165, 1.54) is 5.56 Å². The van der Waals surface area contributed by atoms with Crippen LogP contribution in [0.25, 0.3) is 0 Å². The van der Waals surface area contributed by atoms with E-state index in [2.05, 4.69) is 31.1 Å². The zero-order chi connectivity index (χ0) is 14.6. The minimum atomic E-state index is 0.132. The maximum absolute atomic E-state index is 6.28. The highest BCUT2D eigenvalue weighted by Gasteiger charge is 2.34. The van der Waals surface area contributed by atoms with Crippen molar-refractivity contribution in [2.24, 2.45) is 5.41 Å². The number of ether oxygens (including phenoxy) is 1. The lowest BCUT2D eigenvalue weighted by molar-refractivity contribution is 0.0121. The smallest absolute Gasteiger partial charge is 0.0621 e. The van der Waals surface area contributed by atoms with Crippen molar-refractivity contribution >= 4 is 11.6 Å². The van der Waals surface area contributed by atoms with Crippen LogP contribution in [-0.4, -0.2) is 30.3 Å². The van der Waals surface area contributed by atoms with Crippen LogP contribution in [0, 0.1) is 5.41 Å². The third kappa shape index (κ3) is 4.44. The highest BCUT2D eigenvalue weighted by molar-refractivity contribution is 6.31. The fourth-order valence-electron chi connectivity index (χ4n) is 2.62. The number of nitrogens with one attached hydrogen (secondary N) is 1. The summed E-state index contributed by atoms with van der Waals surface area (Å²) in [4.78, 5) is 4.07. The van der Waals surface area contributed by atoms with Gasteiger partial charge < -0.3 is 10.1 Å². The molecule has 1 aromatic heterocycles. The molecule has 1 N–H and O–H groups in total. The van der Waals surface area contributed by atoms with E-state index in [0.29, 0.717) is 0 Å². The number of aromatic nitrogens is 1. The average molecular weight is 297 g/mol. The molecule has 1 aromatic rings. The van der Waals surface area contributed by atoms with Crippen LogP contribution in [0.15, 0.2) is 18.5 Å². The van der Waals surface area contributed by atoms with Gasteiger partial charge in [-0.2, -0.15) is 0 Å². The van der Waals surface area contributed by atoms with Gasteiger partial charge >= 0.3 is 0 Å². The molecule has 1 fully saturated rings. The van der Waals surface area contributed by atoms with Crippen LogP contribution < -0.4 is 5.32 Å². The van der Waals surface area contributed by atoms with Crippen molar-refractivity contribution in [3.8, 4) is 0 Å². The second-order valence-corrected chi connectivity index (χ2v) is 7.27. The predicted octanol–water partition coefficient (Wildman–Crippen LogP) is 3.46. The quantitative estimate of drug-likeness (QED) is 0.924. The van der Waals surface area contributed by atoms with Crippen LogP contribution in [-0.2, 0) is 11.2 Å². The first kappa shape index (κ1) is 15.7. The summed E-state index contributed by atoms with van der Waals surface area (Å²) in [5, 5.41) is 4.43. The Morgan fingerprint density at radius 2 is 2.05 bits per heavy atom. The Morgan fingerprint density at radius 3 is 2.65 bits per heavy atom. The SMILES string of the molecule is CC(C)(C)NCC1(Cc2ccncc2Cl)CCOCC1. The molecule has 0 radical (unpaired) electrons. The molecule has 4 heteroatoms. The molecule has 1 aliphatic heterocycles. The molecule has 1 aliphatic rings. The van der Waals surface area contributed by atoms with Crippen LogP contribution in [0.4, 0.5) is 0 Å². The number of halogens is 1. The lowest BCUT2D eigenvalue weighted by Gasteiger charge is -2.40. The molecule has 20 heavy (non-hydrogen) atoms. The lowest BCUT2D eigenvalue weighted by atomic mass is 9.75. The van der Waals surface area contributed by atoms with Crippen molar-refractivity contribution in [1.82, 2.24) is 10.3 Å². The topological polar surface area (TPSA) is 34.2 Å². The van der Waals surface area contributed by atoms with Crippen LogP contribution in [0.5, 0.6) is 0 Å². The standard InChI is InChI=1S/C16H25ClN2O/c1-15(2,3)19-12-16(5-8-20-9-6-16)10-13-4-7-18-11-14(13)17/h4,7,11,19H,5-6,8-10,12H2,1-3H3. The summed E-state index contributed by atoms with van der Waals surface area (Å²) in [6, 6.07) is 2.04. The van der Waals surface area contributed by atoms with E-state index in [0.717, 1.165) is 44.0 Å². The van der Waals surface area contributed by atoms with Crippen molar-refractivity contribution < 1.29 is 4.74 Å². The molecule has 0 aliphatic carbocycles. The fourth-order valence-corrected chi connectivity index (χ4v) is 2.81. The third-order valence-electron chi connectivity index (χ3n) is 3.97. The average Bonchev–Trinajstić information content (AvgIpc) is 2.40. The van der Waals surface area contributed by atoms with Gasteiger partial charge in [-0.25, -0.2) is 0 Å². The van der Waals surface area contributed by atoms with Gasteiger partial charge in [-0.15, -0.1) is 0 Å². The minimum Gasteiger partial charge on any atom is -0.381 e. The number of hydrogen-bond donors (Lipinski definition) is 1. The molecule has 0 amide bonds. The molecule has 112 valence electrons. The normalized spacial score (nSPS) is 19.0. The largest absolute Gasteiger partial charge is 0.381 e. The maximum Gasteiger partial charge on any atom is 0.0621 e. The van der Waals surface area contributed by atoms with Crippen molar-refractivity contribution in [2.45, 2.75) is 45.6 Å². The lowest BCUT2D eigenvalue weighted by Crippen LogP contribution is -2.47. The van der Waals surface area contributed by atoms with E-state index in [4.69, 9.17) is 16.3 Å². The molecule has 0 spiro atoms. The number of nitrogens with zero attached hydrogens (tertiary/aromatic N) is 1. The molecule has 0 unspecified atom stereocenters. The van der Waals surface area contributed by atoms with Crippen LogP contribution in [0.2, 0.25) is 5.02 Å². The Labute approximate surface area is 127 Å². The number of pyridine rings is 1. The highest BCUT2D eigenvalue weighted by atomic mass is 35.5. The second-order valence-electron chi connectivity index (χ2n) is 6.86. The number of rotatable bonds is 4. The summed E-state index contributed by atoms with van der Waals surface area (Å²) >= 11 is 6.28. The highest BCUT2D eigenvalue weighted by Crippen LogP contribution is 2.35. The molecule has 2 heterocycles. The Bertz CT molecular complexity index is 436. The first-order chi connectivity index (χ1) is 9.40. The first-order valence-corrected chi connectivity index (χ1v) is 7.69. The summed E-state index contributed by atoms with van der Waals surface area (Å²) in [5.74, 6) is 0. The Morgan fingerprint density at radius 1 is 1.35 bits per heavy atom. The van der Waals surface area contributed by atoms with Gasteiger partial charge in [0.2, 0.25) is 0 Å². The molecule has 0 saturated carbocycles. The van der Waals surface area contributed by atoms with Gasteiger partial charge in [0, 0.05) is 37.7 Å². The van der Waals surface area contributed by atoms with E-state index >= 15 is 0 Å². The van der Waals surface area contributed by atoms with Crippen LogP contribution >= 0.6 is 11.6 Å². The summed E-state index contributed by atoms with van der Waals surface area (Å²) in [6.45, 7) is 9.31. The third-order valence-corrected chi connectivity index (χ3v) is 4.31. The van der Waals surface area contributed by atoms with Gasteiger partial charge in [0.15, 0.2) is 0 Å². The molecular weight excluding hydrogens is 272 g/mol. The van der Waals surface area contributed by atoms with Gasteiger partial charge in [-0.3, -0.25) is 4.98 Å². The van der Waals surface area contributed by atoms with E-state index in [-0.39, 0.29) is 11.0 Å². The molecule has 3 nitrogen and oxygen atoms in total. The van der Waals surface area contributed by atoms with E-state index < -0.39 is 0 Å². The molecule has 2 rings (SSSR count). The van der Waals surface area contributed by atoms with Crippen molar-refractivity contribution in [3.05, 3.63) is 29.0 Å². The molecular formula is C16H25ClN2O. The molecule has 1 saturated heterocycles. The monoisotopic (exact) mass is 296 g/mol. The summed E-state index contributed by atoms with van der Waals surface area (Å²) in [7, 11) is 0. The van der Waals surface area contributed by atoms with Crippen LogP contribution in [0.3, 0.4) is 0 Å². The van der Waals surface area contributed by atoms with E-state index in [9.17, 15) is 0 Å². The summed E-state index contributed by atoms with van der Waals surface area (Å²) in [6.07, 6.45) is 6.71. The van der Waals surface area contributed by atoms with E-state index in [1.807, 2.05) is 12.3 Å². The van der Waals surface area contributed by atoms with Crippen molar-refractivity contribution in [3.63, 3.8) is 0 Å². The Hall–Kier alpha value is -0.640. The summed E-state index contributed by atoms with van der Waals surface area (Å²) in [5.41, 5.74) is 1.56. The zero-order valence-corrected chi connectivity index (χ0v) is 13.5. The van der Waals surface area contributed by atoms with Gasteiger partial charge in [0.1, 0.15) is 0 Å². The fraction of sp³-hybridized carbons (Fsp3) is 0.688. The molecule has 0 atom stereocenters. The van der Waals surface area contributed by atoms with Crippen LogP contribution in [0.1, 0.15) is 39.2 Å².